The molecule has 3 heterocycles. The Morgan fingerprint density at radius 3 is 2.02 bits per heavy atom. The van der Waals surface area contributed by atoms with E-state index in [-0.39, 0.29) is 33.9 Å². The second-order valence-electron chi connectivity index (χ2n) is 13.8. The van der Waals surface area contributed by atoms with Gasteiger partial charge in [-0.3, -0.25) is 24.1 Å². The summed E-state index contributed by atoms with van der Waals surface area (Å²) >= 11 is 14.3. The third-order valence-corrected chi connectivity index (χ3v) is 12.7. The molecule has 53 heavy (non-hydrogen) atoms. The Balaban J connectivity index is 1.25. The molecule has 4 amide bonds. The molecule has 276 valence electrons. The van der Waals surface area contributed by atoms with Crippen molar-refractivity contribution in [1.29, 1.82) is 0 Å². The summed E-state index contributed by atoms with van der Waals surface area (Å²) in [5.41, 5.74) is -0.237. The molecule has 3 aromatic carbocycles. The fourth-order valence-electron chi connectivity index (χ4n) is 8.72. The number of hydrogen-bond donors (Lipinski definition) is 1. The zero-order valence-corrected chi connectivity index (χ0v) is 29.2. The number of rotatable bonds is 4. The second-order valence-corrected chi connectivity index (χ2v) is 15.1. The number of aromatic hydroxyl groups is 1. The lowest BCUT2D eigenvalue weighted by Crippen LogP contribution is -2.60. The molecule has 9 nitrogen and oxygen atoms in total. The number of nitrogens with zero attached hydrogens (tertiary/aromatic N) is 3. The maximum atomic E-state index is 15.3. The molecule has 5 aliphatic rings. The lowest BCUT2D eigenvalue weighted by atomic mass is 9.56. The number of morpholine rings is 1. The third-order valence-electron chi connectivity index (χ3n) is 11.3. The first kappa shape index (κ1) is 35.5. The maximum absolute atomic E-state index is 15.3. The minimum absolute atomic E-state index is 0.0295. The third kappa shape index (κ3) is 4.70. The van der Waals surface area contributed by atoms with E-state index < -0.39 is 98.2 Å². The molecule has 1 saturated carbocycles. The number of hydrogen-bond acceptors (Lipinski definition) is 7. The molecule has 0 radical (unpaired) electrons. The number of aryl methyl sites for hydroxylation is 1. The molecule has 0 bridgehead atoms. The number of fused-ring (bicyclic) bond motifs is 4. The monoisotopic (exact) mass is 775 g/mol. The molecule has 16 heteroatoms. The van der Waals surface area contributed by atoms with Crippen LogP contribution in [0.15, 0.2) is 54.1 Å². The lowest BCUT2D eigenvalue weighted by molar-refractivity contribution is -0.125. The van der Waals surface area contributed by atoms with Gasteiger partial charge in [-0.1, -0.05) is 29.8 Å². The normalized spacial score (nSPS) is 29.7. The number of carbonyl (C=O) groups excluding carboxylic acids is 4. The number of ether oxygens (including phenoxy) is 1. The van der Waals surface area contributed by atoms with Crippen molar-refractivity contribution in [2.24, 2.45) is 17.8 Å². The zero-order chi connectivity index (χ0) is 37.9. The van der Waals surface area contributed by atoms with Crippen molar-refractivity contribution in [2.75, 3.05) is 41.0 Å². The highest BCUT2D eigenvalue weighted by atomic mass is 35.5. The van der Waals surface area contributed by atoms with E-state index in [4.69, 9.17) is 27.9 Å². The summed E-state index contributed by atoms with van der Waals surface area (Å²) in [5.74, 6) is -21.9. The van der Waals surface area contributed by atoms with Crippen LogP contribution in [0.1, 0.15) is 29.9 Å². The Morgan fingerprint density at radius 2 is 1.38 bits per heavy atom. The molecule has 8 rings (SSSR count). The van der Waals surface area contributed by atoms with Gasteiger partial charge in [0.2, 0.25) is 17.6 Å². The quantitative estimate of drug-likeness (QED) is 0.0866. The SMILES string of the molecule is Cc1cccc([C@H]2C3=CC[C@@H]4C(=O)N(c5ccc(N6CCOCC6)cc5)C(=O)[C@@H]4[C@@H]3C[C@@]3(Cl)C(=O)N(c4c(F)c(F)c(F)c(F)c4F)C(=O)[C@@]23Cl)c1O. The van der Waals surface area contributed by atoms with Gasteiger partial charge in [0, 0.05) is 30.3 Å². The van der Waals surface area contributed by atoms with Crippen molar-refractivity contribution in [2.45, 2.75) is 35.4 Å². The molecule has 0 aromatic heterocycles. The summed E-state index contributed by atoms with van der Waals surface area (Å²) < 4.78 is 79.0. The average molecular weight is 777 g/mol. The molecule has 3 saturated heterocycles. The standard InChI is InChI=1S/C37H28Cl2F5N3O6/c1-16-3-2-4-21(31(16)48)24-19-9-10-20-23(33(50)46(32(20)49)18-7-5-17(6-8-18)45-11-13-53-14-12-45)22(19)15-36(38)34(51)47(35(52)37(24,36)39)30-28(43)26(41)25(40)27(42)29(30)44/h2-9,20,22-24,48H,10-15H2,1H3/t20-,22+,23-,24+,36+,37-/m0/s1. The van der Waals surface area contributed by atoms with Crippen LogP contribution >= 0.6 is 23.2 Å². The summed E-state index contributed by atoms with van der Waals surface area (Å²) in [5, 5.41) is 11.3. The number of phenols is 1. The molecule has 6 atom stereocenters. The Kier molecular flexibility index (Phi) is 8.21. The van der Waals surface area contributed by atoms with E-state index in [1.165, 1.54) is 25.1 Å². The highest BCUT2D eigenvalue weighted by Gasteiger charge is 2.77. The predicted octanol–water partition coefficient (Wildman–Crippen LogP) is 6.00. The first-order valence-electron chi connectivity index (χ1n) is 16.7. The molecule has 3 aliphatic heterocycles. The van der Waals surface area contributed by atoms with Crippen LogP contribution in [-0.2, 0) is 23.9 Å². The number of anilines is 3. The van der Waals surface area contributed by atoms with Crippen LogP contribution in [0.25, 0.3) is 0 Å². The van der Waals surface area contributed by atoms with E-state index in [9.17, 15) is 37.5 Å². The van der Waals surface area contributed by atoms with Crippen molar-refractivity contribution in [3.05, 3.63) is 94.3 Å². The van der Waals surface area contributed by atoms with Crippen LogP contribution in [0.3, 0.4) is 0 Å². The number of alkyl halides is 2. The van der Waals surface area contributed by atoms with Gasteiger partial charge in [-0.15, -0.1) is 23.2 Å². The van der Waals surface area contributed by atoms with Gasteiger partial charge in [0.1, 0.15) is 11.4 Å². The van der Waals surface area contributed by atoms with Crippen molar-refractivity contribution in [3.63, 3.8) is 0 Å². The fraction of sp³-hybridized carbons (Fsp3) is 0.351. The molecule has 0 unspecified atom stereocenters. The number of halogens is 7. The highest BCUT2D eigenvalue weighted by Crippen LogP contribution is 2.67. The van der Waals surface area contributed by atoms with Gasteiger partial charge in [0.25, 0.3) is 11.8 Å². The van der Waals surface area contributed by atoms with E-state index in [2.05, 4.69) is 4.90 Å². The van der Waals surface area contributed by atoms with Crippen molar-refractivity contribution >= 4 is 63.9 Å². The summed E-state index contributed by atoms with van der Waals surface area (Å²) in [6.45, 7) is 3.94. The van der Waals surface area contributed by atoms with Gasteiger partial charge in [0.15, 0.2) is 33.0 Å². The Labute approximate surface area is 308 Å². The van der Waals surface area contributed by atoms with Crippen LogP contribution in [0.4, 0.5) is 39.0 Å². The smallest absolute Gasteiger partial charge is 0.258 e. The molecule has 2 aliphatic carbocycles. The second kappa shape index (κ2) is 12.3. The van der Waals surface area contributed by atoms with Crippen molar-refractivity contribution < 1.29 is 51.0 Å². The Bertz CT molecular complexity index is 2150. The zero-order valence-electron chi connectivity index (χ0n) is 27.6. The number of allylic oxidation sites excluding steroid dienone is 2. The summed E-state index contributed by atoms with van der Waals surface area (Å²) in [4.78, 5) is 54.6. The molecule has 3 aromatic rings. The predicted molar refractivity (Wildman–Crippen MR) is 181 cm³/mol. The first-order chi connectivity index (χ1) is 25.1. The number of amides is 4. The first-order valence-corrected chi connectivity index (χ1v) is 17.5. The Hall–Kier alpha value is -4.53. The highest BCUT2D eigenvalue weighted by molar-refractivity contribution is 6.58. The van der Waals surface area contributed by atoms with E-state index in [1.807, 2.05) is 0 Å². The van der Waals surface area contributed by atoms with Gasteiger partial charge in [-0.05, 0) is 55.5 Å². The van der Waals surface area contributed by atoms with Crippen LogP contribution in [0.2, 0.25) is 0 Å². The summed E-state index contributed by atoms with van der Waals surface area (Å²) in [6.07, 6.45) is 0.902. The number of carbonyl (C=O) groups is 4. The Morgan fingerprint density at radius 1 is 0.774 bits per heavy atom. The maximum Gasteiger partial charge on any atom is 0.258 e. The van der Waals surface area contributed by atoms with Crippen LogP contribution in [0.5, 0.6) is 5.75 Å². The topological polar surface area (TPSA) is 107 Å². The van der Waals surface area contributed by atoms with Crippen LogP contribution in [0, 0.1) is 53.8 Å². The fourth-order valence-corrected chi connectivity index (χ4v) is 9.64. The molecule has 4 fully saturated rings. The van der Waals surface area contributed by atoms with E-state index in [1.54, 1.807) is 30.3 Å². The van der Waals surface area contributed by atoms with Crippen LogP contribution < -0.4 is 14.7 Å². The van der Waals surface area contributed by atoms with E-state index in [0.717, 1.165) is 10.6 Å². The largest absolute Gasteiger partial charge is 0.507 e. The average Bonchev–Trinajstić information content (AvgIpc) is 3.49. The molecule has 1 N–H and O–H groups in total. The minimum atomic E-state index is -2.73. The van der Waals surface area contributed by atoms with Gasteiger partial charge in [-0.25, -0.2) is 26.9 Å². The van der Waals surface area contributed by atoms with Crippen molar-refractivity contribution in [3.8, 4) is 5.75 Å². The van der Waals surface area contributed by atoms with Gasteiger partial charge < -0.3 is 14.7 Å². The number of para-hydroxylation sites is 1. The van der Waals surface area contributed by atoms with E-state index >= 15 is 8.78 Å². The summed E-state index contributed by atoms with van der Waals surface area (Å²) in [6, 6.07) is 11.2. The lowest BCUT2D eigenvalue weighted by Gasteiger charge is -2.50. The molecular weight excluding hydrogens is 748 g/mol. The number of phenolic OH excluding ortho intramolecular Hbond substituents is 1. The van der Waals surface area contributed by atoms with Gasteiger partial charge in [0.05, 0.1) is 30.7 Å². The van der Waals surface area contributed by atoms with Gasteiger partial charge in [-0.2, -0.15) is 0 Å². The van der Waals surface area contributed by atoms with Crippen LogP contribution in [-0.4, -0.2) is 64.8 Å². The van der Waals surface area contributed by atoms with Crippen molar-refractivity contribution in [1.82, 2.24) is 0 Å². The van der Waals surface area contributed by atoms with Gasteiger partial charge >= 0.3 is 0 Å². The summed E-state index contributed by atoms with van der Waals surface area (Å²) in [7, 11) is 0. The number of imide groups is 2. The van der Waals surface area contributed by atoms with E-state index in [0.29, 0.717) is 31.9 Å². The molecular formula is C37H28Cl2F5N3O6. The molecule has 0 spiro atoms. The number of benzene rings is 3. The minimum Gasteiger partial charge on any atom is -0.507 e.